The van der Waals surface area contributed by atoms with Crippen LogP contribution in [0.3, 0.4) is 0 Å². The third kappa shape index (κ3) is 4.67. The van der Waals surface area contributed by atoms with Gasteiger partial charge in [-0.15, -0.1) is 6.42 Å². The van der Waals surface area contributed by atoms with E-state index in [0.29, 0.717) is 12.6 Å². The van der Waals surface area contributed by atoms with Crippen molar-refractivity contribution in [3.05, 3.63) is 0 Å². The average molecular weight is 238 g/mol. The van der Waals surface area contributed by atoms with Crippen LogP contribution in [0.15, 0.2) is 0 Å². The maximum Gasteiger partial charge on any atom is 0.0766 e. The monoisotopic (exact) mass is 238 g/mol. The number of aliphatic hydroxyl groups is 1. The summed E-state index contributed by atoms with van der Waals surface area (Å²) in [5.41, 5.74) is -0.532. The Morgan fingerprint density at radius 2 is 1.94 bits per heavy atom. The van der Waals surface area contributed by atoms with E-state index in [1.165, 1.54) is 0 Å². The lowest BCUT2D eigenvalue weighted by molar-refractivity contribution is 0.0274. The molecule has 3 heteroatoms. The molecule has 0 atom stereocenters. The smallest absolute Gasteiger partial charge is 0.0766 e. The van der Waals surface area contributed by atoms with E-state index in [9.17, 15) is 5.11 Å². The van der Waals surface area contributed by atoms with Crippen molar-refractivity contribution in [1.82, 2.24) is 10.2 Å². The molecule has 1 rings (SSSR count). The average Bonchev–Trinajstić information content (AvgIpc) is 2.38. The Bertz CT molecular complexity index is 247. The van der Waals surface area contributed by atoms with Crippen molar-refractivity contribution in [3.8, 4) is 12.3 Å². The quantitative estimate of drug-likeness (QED) is 0.683. The highest BCUT2D eigenvalue weighted by molar-refractivity contribution is 4.91. The summed E-state index contributed by atoms with van der Waals surface area (Å²) in [4.78, 5) is 2.31. The number of nitrogens with zero attached hydrogens (tertiary/aromatic N) is 1. The predicted octanol–water partition coefficient (Wildman–Crippen LogP) is 1.22. The van der Waals surface area contributed by atoms with Crippen molar-refractivity contribution < 1.29 is 5.11 Å². The number of hydrogen-bond donors (Lipinski definition) is 2. The van der Waals surface area contributed by atoms with Crippen LogP contribution in [0.5, 0.6) is 0 Å². The van der Waals surface area contributed by atoms with Crippen LogP contribution in [0.4, 0.5) is 0 Å². The van der Waals surface area contributed by atoms with E-state index >= 15 is 0 Å². The zero-order valence-electron chi connectivity index (χ0n) is 11.2. The molecule has 0 aliphatic carbocycles. The van der Waals surface area contributed by atoms with Gasteiger partial charge in [-0.2, -0.15) is 0 Å². The summed E-state index contributed by atoms with van der Waals surface area (Å²) in [6.45, 7) is 7.69. The lowest BCUT2D eigenvalue weighted by Crippen LogP contribution is -2.48. The van der Waals surface area contributed by atoms with Crippen LogP contribution in [0.2, 0.25) is 0 Å². The minimum Gasteiger partial charge on any atom is -0.389 e. The fourth-order valence-electron chi connectivity index (χ4n) is 2.26. The third-order valence-electron chi connectivity index (χ3n) is 3.94. The first-order chi connectivity index (χ1) is 8.13. The Balaban J connectivity index is 2.25. The van der Waals surface area contributed by atoms with Crippen LogP contribution in [0.1, 0.15) is 39.5 Å². The second-order valence-corrected chi connectivity index (χ2v) is 5.07. The summed E-state index contributed by atoms with van der Waals surface area (Å²) >= 11 is 0. The summed E-state index contributed by atoms with van der Waals surface area (Å²) in [7, 11) is 0. The first-order valence-corrected chi connectivity index (χ1v) is 6.75. The predicted molar refractivity (Wildman–Crippen MR) is 71.8 cm³/mol. The highest BCUT2D eigenvalue weighted by atomic mass is 16.3. The normalized spacial score (nSPS) is 19.2. The Kier molecular flexibility index (Phi) is 5.97. The number of rotatable bonds is 6. The van der Waals surface area contributed by atoms with Crippen molar-refractivity contribution in [2.75, 3.05) is 26.2 Å². The van der Waals surface area contributed by atoms with E-state index in [-0.39, 0.29) is 0 Å². The lowest BCUT2D eigenvalue weighted by Gasteiger charge is -2.34. The highest BCUT2D eigenvalue weighted by Crippen LogP contribution is 2.15. The molecule has 0 aromatic rings. The van der Waals surface area contributed by atoms with Crippen molar-refractivity contribution in [1.29, 1.82) is 0 Å². The second kappa shape index (κ2) is 7.00. The van der Waals surface area contributed by atoms with Crippen LogP contribution >= 0.6 is 0 Å². The number of piperidine rings is 1. The van der Waals surface area contributed by atoms with Gasteiger partial charge in [-0.3, -0.25) is 4.90 Å². The molecule has 2 N–H and O–H groups in total. The number of likely N-dealkylation sites (tertiary alicyclic amines) is 1. The van der Waals surface area contributed by atoms with E-state index < -0.39 is 5.60 Å². The molecule has 1 aliphatic heterocycles. The molecule has 0 bridgehead atoms. The Morgan fingerprint density at radius 1 is 1.35 bits per heavy atom. The number of nitrogens with one attached hydrogen (secondary N) is 1. The highest BCUT2D eigenvalue weighted by Gasteiger charge is 2.25. The van der Waals surface area contributed by atoms with E-state index in [1.807, 2.05) is 13.8 Å². The largest absolute Gasteiger partial charge is 0.389 e. The summed E-state index contributed by atoms with van der Waals surface area (Å²) < 4.78 is 0. The van der Waals surface area contributed by atoms with Gasteiger partial charge in [0, 0.05) is 25.7 Å². The number of terminal acetylenes is 1. The van der Waals surface area contributed by atoms with Crippen LogP contribution in [-0.2, 0) is 0 Å². The van der Waals surface area contributed by atoms with E-state index in [0.717, 1.165) is 45.3 Å². The van der Waals surface area contributed by atoms with Gasteiger partial charge in [0.05, 0.1) is 12.1 Å². The Labute approximate surface area is 106 Å². The molecular weight excluding hydrogens is 212 g/mol. The summed E-state index contributed by atoms with van der Waals surface area (Å²) in [5.74, 6) is 2.69. The van der Waals surface area contributed by atoms with Gasteiger partial charge in [0.2, 0.25) is 0 Å². The Hall–Kier alpha value is -0.560. The lowest BCUT2D eigenvalue weighted by atomic mass is 9.96. The van der Waals surface area contributed by atoms with Gasteiger partial charge in [-0.1, -0.05) is 19.8 Å². The molecule has 98 valence electrons. The minimum absolute atomic E-state index is 0.532. The van der Waals surface area contributed by atoms with Crippen molar-refractivity contribution in [2.24, 2.45) is 0 Å². The molecule has 3 nitrogen and oxygen atoms in total. The minimum atomic E-state index is -0.532. The topological polar surface area (TPSA) is 35.5 Å². The standard InChI is InChI=1S/C14H26N2O/c1-4-9-16-10-7-13(8-11-16)15-12-14(17,5-2)6-3/h1,13,15,17H,5-12H2,2-3H3. The second-order valence-electron chi connectivity index (χ2n) is 5.07. The van der Waals surface area contributed by atoms with Crippen LogP contribution in [0.25, 0.3) is 0 Å². The molecule has 1 heterocycles. The molecule has 1 aliphatic rings. The van der Waals surface area contributed by atoms with Crippen LogP contribution < -0.4 is 5.32 Å². The molecule has 0 saturated carbocycles. The molecule has 0 aromatic carbocycles. The first-order valence-electron chi connectivity index (χ1n) is 6.75. The molecule has 1 saturated heterocycles. The van der Waals surface area contributed by atoms with Crippen LogP contribution in [0, 0.1) is 12.3 Å². The molecule has 0 radical (unpaired) electrons. The van der Waals surface area contributed by atoms with Gasteiger partial charge in [0.25, 0.3) is 0 Å². The number of hydrogen-bond acceptors (Lipinski definition) is 3. The summed E-state index contributed by atoms with van der Waals surface area (Å²) in [6, 6.07) is 0.536. The molecule has 0 spiro atoms. The van der Waals surface area contributed by atoms with E-state index in [1.54, 1.807) is 0 Å². The van der Waals surface area contributed by atoms with E-state index in [4.69, 9.17) is 6.42 Å². The molecule has 17 heavy (non-hydrogen) atoms. The first kappa shape index (κ1) is 14.5. The SMILES string of the molecule is C#CCN1CCC(NCC(O)(CC)CC)CC1. The summed E-state index contributed by atoms with van der Waals surface area (Å²) in [6.07, 6.45) is 9.19. The maximum atomic E-state index is 10.2. The fraction of sp³-hybridized carbons (Fsp3) is 0.857. The van der Waals surface area contributed by atoms with Gasteiger partial charge in [-0.25, -0.2) is 0 Å². The van der Waals surface area contributed by atoms with Gasteiger partial charge >= 0.3 is 0 Å². The third-order valence-corrected chi connectivity index (χ3v) is 3.94. The molecule has 0 amide bonds. The molecule has 1 fully saturated rings. The maximum absolute atomic E-state index is 10.2. The van der Waals surface area contributed by atoms with Gasteiger partial charge < -0.3 is 10.4 Å². The summed E-state index contributed by atoms with van der Waals surface area (Å²) in [5, 5.41) is 13.7. The van der Waals surface area contributed by atoms with Crippen LogP contribution in [-0.4, -0.2) is 47.8 Å². The Morgan fingerprint density at radius 3 is 2.41 bits per heavy atom. The molecule has 0 unspecified atom stereocenters. The van der Waals surface area contributed by atoms with Gasteiger partial charge in [-0.05, 0) is 25.7 Å². The molecule has 0 aromatic heterocycles. The van der Waals surface area contributed by atoms with Crippen molar-refractivity contribution in [2.45, 2.75) is 51.2 Å². The van der Waals surface area contributed by atoms with Crippen molar-refractivity contribution >= 4 is 0 Å². The van der Waals surface area contributed by atoms with E-state index in [2.05, 4.69) is 16.1 Å². The fourth-order valence-corrected chi connectivity index (χ4v) is 2.26. The zero-order chi connectivity index (χ0) is 12.7. The zero-order valence-corrected chi connectivity index (χ0v) is 11.2. The molecular formula is C14H26N2O. The van der Waals surface area contributed by atoms with Crippen molar-refractivity contribution in [3.63, 3.8) is 0 Å². The van der Waals surface area contributed by atoms with Gasteiger partial charge in [0.1, 0.15) is 0 Å². The van der Waals surface area contributed by atoms with Gasteiger partial charge in [0.15, 0.2) is 0 Å².